The van der Waals surface area contributed by atoms with E-state index in [0.717, 1.165) is 0 Å². The molecule has 1 unspecified atom stereocenters. The van der Waals surface area contributed by atoms with Crippen molar-refractivity contribution in [1.29, 1.82) is 0 Å². The van der Waals surface area contributed by atoms with Crippen molar-refractivity contribution in [3.05, 3.63) is 126 Å². The number of hydrogen-bond donors (Lipinski definition) is 0. The van der Waals surface area contributed by atoms with Gasteiger partial charge in [-0.2, -0.15) is 11.1 Å². The van der Waals surface area contributed by atoms with Gasteiger partial charge in [-0.1, -0.05) is 129 Å². The van der Waals surface area contributed by atoms with E-state index in [4.69, 9.17) is 0 Å². The van der Waals surface area contributed by atoms with Gasteiger partial charge in [0.2, 0.25) is 0 Å². The van der Waals surface area contributed by atoms with Crippen molar-refractivity contribution < 1.29 is 21.7 Å². The summed E-state index contributed by atoms with van der Waals surface area (Å²) in [6.07, 6.45) is 0. The van der Waals surface area contributed by atoms with Crippen molar-refractivity contribution in [1.82, 2.24) is 0 Å². The van der Waals surface area contributed by atoms with E-state index >= 15 is 0 Å². The Balaban J connectivity index is 0.00000241. The second-order valence-electron chi connectivity index (χ2n) is 11.3. The average molecular weight is 570 g/mol. The Bertz CT molecular complexity index is 1340. The smallest absolute Gasteiger partial charge is 0.358 e. The molecule has 0 fully saturated rings. The van der Waals surface area contributed by atoms with Crippen LogP contribution in [0.1, 0.15) is 50.0 Å². The third kappa shape index (κ3) is 6.83. The Labute approximate surface area is 252 Å². The molecule has 0 amide bonds. The van der Waals surface area contributed by atoms with Gasteiger partial charge in [0.15, 0.2) is 0 Å². The summed E-state index contributed by atoms with van der Waals surface area (Å²) in [5.74, 6) is 0. The molecule has 0 aliphatic rings. The van der Waals surface area contributed by atoms with Crippen LogP contribution in [0.25, 0.3) is 11.1 Å². The minimum atomic E-state index is -1.40. The molecule has 0 aliphatic heterocycles. The van der Waals surface area contributed by atoms with Crippen LogP contribution in [0.15, 0.2) is 66.7 Å². The van der Waals surface area contributed by atoms with Crippen molar-refractivity contribution in [2.45, 2.75) is 66.7 Å². The zero-order valence-corrected chi connectivity index (χ0v) is 29.0. The van der Waals surface area contributed by atoms with Gasteiger partial charge in [-0.25, -0.2) is 0 Å². The van der Waals surface area contributed by atoms with E-state index in [1.807, 2.05) is 0 Å². The van der Waals surface area contributed by atoms with Gasteiger partial charge in [0.1, 0.15) is 0 Å². The van der Waals surface area contributed by atoms with Crippen LogP contribution in [0, 0.1) is 56.4 Å². The van der Waals surface area contributed by atoms with Gasteiger partial charge in [-0.15, -0.1) is 16.7 Å². The Kier molecular flexibility index (Phi) is 12.1. The number of rotatable bonds is 6. The Morgan fingerprint density at radius 3 is 1.84 bits per heavy atom. The number of benzene rings is 3. The van der Waals surface area contributed by atoms with E-state index in [1.165, 1.54) is 60.8 Å². The van der Waals surface area contributed by atoms with Crippen LogP contribution >= 0.6 is 0 Å². The predicted molar refractivity (Wildman–Crippen MR) is 172 cm³/mol. The van der Waals surface area contributed by atoms with Gasteiger partial charge >= 0.3 is 21.7 Å². The predicted octanol–water partition coefficient (Wildman–Crippen LogP) is 8.49. The number of hydrogen-bond acceptors (Lipinski definition) is 0. The van der Waals surface area contributed by atoms with E-state index in [0.29, 0.717) is 15.1 Å². The van der Waals surface area contributed by atoms with E-state index in [1.54, 1.807) is 5.19 Å². The average Bonchev–Trinajstić information content (AvgIpc) is 3.01. The normalized spacial score (nSPS) is 11.7. The molecule has 0 spiro atoms. The SMILES string of the molecule is Cc1cc([Si]C(c2c(C)cccc2C)[c-]2c(C)c(C)c(C)c2-c2ccccc2)cc([Si](C)(C)C)c1.[CH3-].[CH3-].[Ti+3]. The summed E-state index contributed by atoms with van der Waals surface area (Å²) in [5, 5.41) is 3.06. The summed E-state index contributed by atoms with van der Waals surface area (Å²) in [7, 11) is -0.718. The maximum atomic E-state index is 2.53. The molecule has 0 aromatic heterocycles. The molecule has 0 nitrogen and oxygen atoms in total. The maximum Gasteiger partial charge on any atom is 3.00 e. The van der Waals surface area contributed by atoms with Crippen molar-refractivity contribution >= 4 is 28.0 Å². The summed E-state index contributed by atoms with van der Waals surface area (Å²) in [6.45, 7) is 21.2. The first-order valence-electron chi connectivity index (χ1n) is 12.8. The van der Waals surface area contributed by atoms with Gasteiger partial charge in [0, 0.05) is 0 Å². The zero-order valence-electron chi connectivity index (χ0n) is 25.4. The molecule has 4 aromatic rings. The van der Waals surface area contributed by atoms with Crippen LogP contribution in [0.5, 0.6) is 0 Å². The Hall–Kier alpha value is -1.84. The molecule has 0 saturated carbocycles. The summed E-state index contributed by atoms with van der Waals surface area (Å²) >= 11 is 0. The molecular formula is C35H45Si2Ti. The third-order valence-corrected chi connectivity index (χ3v) is 11.1. The first-order valence-corrected chi connectivity index (χ1v) is 17.3. The van der Waals surface area contributed by atoms with Crippen molar-refractivity contribution in [3.63, 3.8) is 0 Å². The molecule has 0 heterocycles. The minimum Gasteiger partial charge on any atom is -0.358 e. The molecule has 38 heavy (non-hydrogen) atoms. The van der Waals surface area contributed by atoms with Crippen LogP contribution in [-0.4, -0.2) is 17.6 Å². The molecule has 0 saturated heterocycles. The van der Waals surface area contributed by atoms with Crippen molar-refractivity contribution in [2.75, 3.05) is 0 Å². The van der Waals surface area contributed by atoms with Crippen LogP contribution < -0.4 is 10.4 Å². The second kappa shape index (κ2) is 13.5. The summed E-state index contributed by atoms with van der Waals surface area (Å²) in [6, 6.07) is 25.2. The molecule has 4 aromatic carbocycles. The fourth-order valence-electron chi connectivity index (χ4n) is 5.44. The van der Waals surface area contributed by atoms with Crippen molar-refractivity contribution in [3.8, 4) is 11.1 Å². The summed E-state index contributed by atoms with van der Waals surface area (Å²) in [5.41, 5.74) is 14.7. The van der Waals surface area contributed by atoms with Crippen LogP contribution in [-0.2, 0) is 21.7 Å². The standard InChI is InChI=1S/C33H39Si2.2CH3.Ti/c1-21-18-28(20-29(19-21)35(7,8)9)34-33(30-22(2)14-13-15-23(30)3)32-26(6)24(4)25(5)31(32)27-16-11-10-12-17-27;;;/h10-20,33H,1-9H3;2*1H3;/q3*-1;+3. The topological polar surface area (TPSA) is 0 Å². The molecule has 1 atom stereocenters. The maximum absolute atomic E-state index is 2.53. The van der Waals surface area contributed by atoms with Crippen LogP contribution in [0.4, 0.5) is 0 Å². The molecule has 4 rings (SSSR count). The molecule has 0 aliphatic carbocycles. The Morgan fingerprint density at radius 2 is 1.29 bits per heavy atom. The van der Waals surface area contributed by atoms with Crippen molar-refractivity contribution in [2.24, 2.45) is 0 Å². The van der Waals surface area contributed by atoms with E-state index in [9.17, 15) is 0 Å². The number of aryl methyl sites for hydroxylation is 3. The first kappa shape index (κ1) is 34.2. The Morgan fingerprint density at radius 1 is 0.711 bits per heavy atom. The van der Waals surface area contributed by atoms with E-state index in [-0.39, 0.29) is 36.6 Å². The largest absolute Gasteiger partial charge is 3.00 e. The van der Waals surface area contributed by atoms with Gasteiger partial charge in [0.05, 0.1) is 17.6 Å². The van der Waals surface area contributed by atoms with E-state index < -0.39 is 8.07 Å². The zero-order chi connectivity index (χ0) is 25.5. The molecular weight excluding hydrogens is 524 g/mol. The first-order chi connectivity index (χ1) is 16.5. The monoisotopic (exact) mass is 569 g/mol. The fourth-order valence-corrected chi connectivity index (χ4v) is 8.82. The minimum absolute atomic E-state index is 0. The van der Waals surface area contributed by atoms with Gasteiger partial charge < -0.3 is 14.9 Å². The van der Waals surface area contributed by atoms with Crippen LogP contribution in [0.2, 0.25) is 19.6 Å². The second-order valence-corrected chi connectivity index (χ2v) is 17.8. The quantitative estimate of drug-likeness (QED) is 0.161. The van der Waals surface area contributed by atoms with Gasteiger partial charge in [-0.3, -0.25) is 0 Å². The van der Waals surface area contributed by atoms with E-state index in [2.05, 4.69) is 128 Å². The molecule has 0 bridgehead atoms. The fraction of sp³-hybridized carbons (Fsp3) is 0.286. The van der Waals surface area contributed by atoms with Gasteiger partial charge in [0.25, 0.3) is 0 Å². The van der Waals surface area contributed by atoms with Gasteiger partial charge in [-0.05, 0) is 43.0 Å². The summed E-state index contributed by atoms with van der Waals surface area (Å²) in [4.78, 5) is 0. The molecule has 3 heteroatoms. The third-order valence-electron chi connectivity index (χ3n) is 7.61. The summed E-state index contributed by atoms with van der Waals surface area (Å²) < 4.78 is 0. The van der Waals surface area contributed by atoms with Crippen LogP contribution in [0.3, 0.4) is 0 Å². The molecule has 0 N–H and O–H groups in total. The molecule has 3 radical (unpaired) electrons. The molecule has 197 valence electrons.